The lowest BCUT2D eigenvalue weighted by Gasteiger charge is -2.20. The fraction of sp³-hybridized carbons (Fsp3) is 0.100. The van der Waals surface area contributed by atoms with Crippen molar-refractivity contribution in [3.05, 3.63) is 90.0 Å². The summed E-state index contributed by atoms with van der Waals surface area (Å²) in [5, 5.41) is 0. The Morgan fingerprint density at radius 3 is 1.76 bits per heavy atom. The summed E-state index contributed by atoms with van der Waals surface area (Å²) in [7, 11) is -0.760. The van der Waals surface area contributed by atoms with Crippen molar-refractivity contribution in [2.24, 2.45) is 13.5 Å². The summed E-state index contributed by atoms with van der Waals surface area (Å²) in [5.74, 6) is 0.240. The molecule has 0 aliphatic carbocycles. The molecule has 1 aliphatic rings. The maximum absolute atomic E-state index is 13.0. The van der Waals surface area contributed by atoms with Crippen LogP contribution in [0.15, 0.2) is 86.3 Å². The highest BCUT2D eigenvalue weighted by molar-refractivity contribution is 7.65. The molecular formula is C20H15F5N3O3P3. The lowest BCUT2D eigenvalue weighted by Crippen LogP contribution is -2.04. The molecule has 3 aromatic rings. The fourth-order valence-electron chi connectivity index (χ4n) is 2.33. The minimum absolute atomic E-state index is 0.213. The van der Waals surface area contributed by atoms with Crippen LogP contribution in [0.1, 0.15) is 5.56 Å². The van der Waals surface area contributed by atoms with E-state index >= 15 is 0 Å². The van der Waals surface area contributed by atoms with Crippen molar-refractivity contribution in [3.63, 3.8) is 0 Å². The van der Waals surface area contributed by atoms with Gasteiger partial charge < -0.3 is 13.8 Å². The van der Waals surface area contributed by atoms with E-state index in [1.807, 2.05) is 0 Å². The van der Waals surface area contributed by atoms with Crippen LogP contribution in [-0.4, -0.2) is 7.11 Å². The quantitative estimate of drug-likeness (QED) is 0.243. The molecule has 34 heavy (non-hydrogen) atoms. The van der Waals surface area contributed by atoms with Gasteiger partial charge >= 0.3 is 13.8 Å². The third kappa shape index (κ3) is 7.59. The predicted molar refractivity (Wildman–Crippen MR) is 120 cm³/mol. The molecule has 178 valence electrons. The largest absolute Gasteiger partial charge is 0.497 e. The van der Waals surface area contributed by atoms with E-state index in [0.717, 1.165) is 12.1 Å². The van der Waals surface area contributed by atoms with Gasteiger partial charge in [0.05, 0.1) is 12.7 Å². The molecule has 4 rings (SSSR count). The second-order valence-electron chi connectivity index (χ2n) is 6.26. The van der Waals surface area contributed by atoms with Gasteiger partial charge in [-0.15, -0.1) is 9.03 Å². The number of rotatable bonds is 5. The van der Waals surface area contributed by atoms with E-state index in [9.17, 15) is 22.0 Å². The van der Waals surface area contributed by atoms with E-state index in [4.69, 9.17) is 9.05 Å². The lowest BCUT2D eigenvalue weighted by molar-refractivity contribution is -0.137. The Morgan fingerprint density at radius 1 is 0.765 bits per heavy atom. The first-order valence-corrected chi connectivity index (χ1v) is 12.4. The minimum atomic E-state index is -4.30. The van der Waals surface area contributed by atoms with E-state index in [1.54, 1.807) is 0 Å². The summed E-state index contributed by atoms with van der Waals surface area (Å²) in [4.78, 5) is 0. The highest BCUT2D eigenvalue weighted by Gasteiger charge is 2.30. The number of hydrogen-bond donors (Lipinski definition) is 0. The fourth-order valence-corrected chi connectivity index (χ4v) is 6.09. The first-order valence-electron chi connectivity index (χ1n) is 9.24. The van der Waals surface area contributed by atoms with Gasteiger partial charge in [-0.25, -0.2) is 8.78 Å². The molecule has 0 aromatic heterocycles. The van der Waals surface area contributed by atoms with Crippen LogP contribution < -0.4 is 13.8 Å². The van der Waals surface area contributed by atoms with E-state index in [0.29, 0.717) is 28.5 Å². The van der Waals surface area contributed by atoms with Gasteiger partial charge in [0.2, 0.25) is 0 Å². The summed E-state index contributed by atoms with van der Waals surface area (Å²) in [6.45, 7) is 0. The number of methoxy groups -OCH3 is 1. The molecule has 0 amide bonds. The van der Waals surface area contributed by atoms with Crippen molar-refractivity contribution in [2.75, 3.05) is 7.11 Å². The summed E-state index contributed by atoms with van der Waals surface area (Å²) < 4.78 is 90.6. The van der Waals surface area contributed by atoms with Crippen LogP contribution >= 0.6 is 24.7 Å². The van der Waals surface area contributed by atoms with Crippen molar-refractivity contribution >= 4 is 24.7 Å². The molecule has 0 spiro atoms. The van der Waals surface area contributed by atoms with E-state index in [-0.39, 0.29) is 17.4 Å². The number of hydrogen-bond acceptors (Lipinski definition) is 6. The van der Waals surface area contributed by atoms with Crippen molar-refractivity contribution in [1.82, 2.24) is 0 Å². The monoisotopic (exact) mass is 533 g/mol. The molecule has 0 atom stereocenters. The zero-order valence-corrected chi connectivity index (χ0v) is 19.9. The minimum Gasteiger partial charge on any atom is -0.497 e. The Kier molecular flexibility index (Phi) is 8.72. The number of nitrogens with zero attached hydrogens (tertiary/aromatic N) is 3. The third-order valence-corrected chi connectivity index (χ3v) is 7.84. The molecule has 1 aliphatic heterocycles. The number of ether oxygens (including phenoxy) is 1. The normalized spacial score (nSPS) is 14.8. The number of benzene rings is 3. The molecule has 0 bridgehead atoms. The summed E-state index contributed by atoms with van der Waals surface area (Å²) in [6, 6.07) is 15.7. The Labute approximate surface area is 194 Å². The number of halogens is 5. The van der Waals surface area contributed by atoms with Crippen LogP contribution in [0.5, 0.6) is 17.2 Å². The van der Waals surface area contributed by atoms with Crippen LogP contribution in [0.25, 0.3) is 0 Å². The standard InChI is InChI=1S/C12H8F2N3O2P3.C8H7F3O/c13-9-1-5-11(6-2-9)18-22(16-20-15-21-17-22)19-12-7-3-10(14)4-8-12;1-12-7-4-2-3-6(5-7)8(9,10)11/h1-8H;2-5H,1H3. The van der Waals surface area contributed by atoms with E-state index < -0.39 is 19.4 Å². The maximum atomic E-state index is 13.0. The number of alkyl halides is 3. The predicted octanol–water partition coefficient (Wildman–Crippen LogP) is 9.19. The van der Waals surface area contributed by atoms with Gasteiger partial charge in [-0.1, -0.05) is 6.07 Å². The third-order valence-electron chi connectivity index (χ3n) is 3.86. The molecule has 0 unspecified atom stereocenters. The van der Waals surface area contributed by atoms with Gasteiger partial charge in [-0.3, -0.25) is 0 Å². The Morgan fingerprint density at radius 2 is 1.32 bits per heavy atom. The smallest absolute Gasteiger partial charge is 0.459 e. The molecule has 1 heterocycles. The van der Waals surface area contributed by atoms with Crippen LogP contribution in [0.2, 0.25) is 0 Å². The molecule has 0 saturated heterocycles. The van der Waals surface area contributed by atoms with Gasteiger partial charge in [-0.2, -0.15) is 17.7 Å². The molecule has 0 fully saturated rings. The van der Waals surface area contributed by atoms with Crippen LogP contribution in [-0.2, 0) is 6.18 Å². The van der Waals surface area contributed by atoms with Crippen molar-refractivity contribution in [2.45, 2.75) is 6.18 Å². The molecule has 6 nitrogen and oxygen atoms in total. The first-order chi connectivity index (χ1) is 16.2. The molecular weight excluding hydrogens is 518 g/mol. The van der Waals surface area contributed by atoms with Gasteiger partial charge in [0, 0.05) is 0 Å². The summed E-state index contributed by atoms with van der Waals surface area (Å²) in [5.41, 5.74) is -0.693. The Bertz CT molecular complexity index is 1170. The highest BCUT2D eigenvalue weighted by atomic mass is 31.2. The van der Waals surface area contributed by atoms with E-state index in [1.165, 1.54) is 67.8 Å². The SMILES string of the molecule is COc1cccc(C(F)(F)F)c1.Fc1ccc(OP2(Oc3ccc(F)cc3)=NP=NP=N2)cc1. The summed E-state index contributed by atoms with van der Waals surface area (Å²) >= 11 is 0. The average molecular weight is 533 g/mol. The molecule has 0 N–H and O–H groups in total. The topological polar surface area (TPSA) is 64.8 Å². The molecule has 3 aromatic carbocycles. The summed E-state index contributed by atoms with van der Waals surface area (Å²) in [6.07, 6.45) is -4.30. The van der Waals surface area contributed by atoms with Crippen LogP contribution in [0.3, 0.4) is 0 Å². The molecule has 0 saturated carbocycles. The molecule has 0 radical (unpaired) electrons. The zero-order chi connectivity index (χ0) is 24.6. The van der Waals surface area contributed by atoms with E-state index in [2.05, 4.69) is 18.3 Å². The van der Waals surface area contributed by atoms with Crippen LogP contribution in [0, 0.1) is 11.6 Å². The van der Waals surface area contributed by atoms with Gasteiger partial charge in [-0.05, 0) is 66.7 Å². The van der Waals surface area contributed by atoms with Gasteiger partial charge in [0.25, 0.3) is 0 Å². The van der Waals surface area contributed by atoms with Crippen molar-refractivity contribution in [3.8, 4) is 17.2 Å². The van der Waals surface area contributed by atoms with Crippen LogP contribution in [0.4, 0.5) is 22.0 Å². The van der Waals surface area contributed by atoms with Crippen molar-refractivity contribution in [1.29, 1.82) is 0 Å². The first kappa shape index (κ1) is 25.8. The Balaban J connectivity index is 0.000000229. The second kappa shape index (κ2) is 11.5. The van der Waals surface area contributed by atoms with Crippen molar-refractivity contribution < 1.29 is 35.7 Å². The second-order valence-corrected chi connectivity index (χ2v) is 10.1. The highest BCUT2D eigenvalue weighted by Crippen LogP contribution is 2.59. The zero-order valence-electron chi connectivity index (χ0n) is 17.2. The maximum Gasteiger partial charge on any atom is 0.459 e. The average Bonchev–Trinajstić information content (AvgIpc) is 2.83. The van der Waals surface area contributed by atoms with Gasteiger partial charge in [0.1, 0.15) is 28.9 Å². The van der Waals surface area contributed by atoms with Gasteiger partial charge in [0.15, 0.2) is 17.0 Å². The Hall–Kier alpha value is -2.86. The molecule has 14 heteroatoms. The lowest BCUT2D eigenvalue weighted by atomic mass is 10.2.